The van der Waals surface area contributed by atoms with Gasteiger partial charge in [-0.3, -0.25) is 14.5 Å². The van der Waals surface area contributed by atoms with Crippen LogP contribution in [0.5, 0.6) is 0 Å². The molecule has 1 saturated carbocycles. The van der Waals surface area contributed by atoms with E-state index < -0.39 is 0 Å². The minimum absolute atomic E-state index is 0.0349. The molecule has 1 atom stereocenters. The lowest BCUT2D eigenvalue weighted by Crippen LogP contribution is -2.49. The van der Waals surface area contributed by atoms with Crippen molar-refractivity contribution in [1.29, 1.82) is 0 Å². The maximum atomic E-state index is 13.9. The van der Waals surface area contributed by atoms with E-state index in [9.17, 15) is 9.59 Å². The van der Waals surface area contributed by atoms with Crippen LogP contribution in [0, 0.1) is 19.8 Å². The Kier molecular flexibility index (Phi) is 8.46. The lowest BCUT2D eigenvalue weighted by atomic mass is 9.84. The average molecular weight is 537 g/mol. The summed E-state index contributed by atoms with van der Waals surface area (Å²) in [5.74, 6) is -0.0235. The molecule has 0 bridgehead atoms. The maximum absolute atomic E-state index is 13.9. The first-order valence-corrected chi connectivity index (χ1v) is 14.1. The van der Waals surface area contributed by atoms with Crippen LogP contribution in [0.4, 0.5) is 0 Å². The molecule has 1 saturated heterocycles. The van der Waals surface area contributed by atoms with Crippen LogP contribution in [0.15, 0.2) is 47.6 Å². The zero-order valence-corrected chi connectivity index (χ0v) is 23.1. The number of aryl methyl sites for hydroxylation is 2. The third-order valence-electron chi connectivity index (χ3n) is 8.14. The molecule has 1 aliphatic carbocycles. The topological polar surface area (TPSA) is 65.5 Å². The van der Waals surface area contributed by atoms with Crippen LogP contribution in [0.25, 0.3) is 0 Å². The first-order valence-electron chi connectivity index (χ1n) is 13.7. The lowest BCUT2D eigenvalue weighted by Gasteiger charge is -2.34. The first-order chi connectivity index (χ1) is 18.4. The molecule has 7 nitrogen and oxygen atoms in total. The largest absolute Gasteiger partial charge is 0.379 e. The molecule has 2 amide bonds. The Balaban J connectivity index is 1.38. The molecule has 3 aliphatic rings. The maximum Gasteiger partial charge on any atom is 0.262 e. The number of rotatable bonds is 8. The predicted molar refractivity (Wildman–Crippen MR) is 149 cm³/mol. The van der Waals surface area contributed by atoms with Gasteiger partial charge in [0.2, 0.25) is 5.91 Å². The van der Waals surface area contributed by atoms with Gasteiger partial charge in [0.15, 0.2) is 0 Å². The van der Waals surface area contributed by atoms with Gasteiger partial charge in [0.05, 0.1) is 25.0 Å². The molecule has 202 valence electrons. The Labute approximate surface area is 230 Å². The van der Waals surface area contributed by atoms with Gasteiger partial charge >= 0.3 is 0 Å². The summed E-state index contributed by atoms with van der Waals surface area (Å²) in [4.78, 5) is 31.3. The van der Waals surface area contributed by atoms with E-state index in [1.54, 1.807) is 9.91 Å². The molecule has 2 heterocycles. The standard InChI is InChI=1S/C30H37ClN4O3/c1-21-6-7-25(18-22(21)2)27-19-28(23-8-10-26(31)11-9-23)35(32-27)29(36)20-34(30(37)24-4-3-5-24)13-12-33-14-16-38-17-15-33/h6-11,18,24,28H,3-5,12-17,19-20H2,1-2H3/t28-/m1/s1. The number of carbonyl (C=O) groups is 2. The fraction of sp³-hybridized carbons (Fsp3) is 0.500. The Bertz CT molecular complexity index is 1190. The molecule has 2 aliphatic heterocycles. The van der Waals surface area contributed by atoms with E-state index >= 15 is 0 Å². The number of benzene rings is 2. The highest BCUT2D eigenvalue weighted by atomic mass is 35.5. The number of hydrazone groups is 1. The summed E-state index contributed by atoms with van der Waals surface area (Å²) < 4.78 is 5.47. The normalized spacial score (nSPS) is 20.2. The Morgan fingerprint density at radius 2 is 1.79 bits per heavy atom. The smallest absolute Gasteiger partial charge is 0.262 e. The van der Waals surface area contributed by atoms with Crippen LogP contribution in [0.2, 0.25) is 5.02 Å². The molecule has 2 aromatic rings. The van der Waals surface area contributed by atoms with Crippen LogP contribution < -0.4 is 0 Å². The number of nitrogens with zero attached hydrogens (tertiary/aromatic N) is 4. The van der Waals surface area contributed by atoms with E-state index in [1.807, 2.05) is 24.3 Å². The van der Waals surface area contributed by atoms with Gasteiger partial charge in [-0.1, -0.05) is 42.3 Å². The van der Waals surface area contributed by atoms with E-state index in [0.717, 1.165) is 55.7 Å². The number of halogens is 1. The van der Waals surface area contributed by atoms with Crippen molar-refractivity contribution >= 4 is 29.1 Å². The zero-order valence-electron chi connectivity index (χ0n) is 22.4. The molecule has 2 fully saturated rings. The van der Waals surface area contributed by atoms with Gasteiger partial charge < -0.3 is 9.64 Å². The Morgan fingerprint density at radius 3 is 2.45 bits per heavy atom. The summed E-state index contributed by atoms with van der Waals surface area (Å²) in [6, 6.07) is 13.7. The summed E-state index contributed by atoms with van der Waals surface area (Å²) in [5, 5.41) is 7.11. The summed E-state index contributed by atoms with van der Waals surface area (Å²) in [7, 11) is 0. The third kappa shape index (κ3) is 6.11. The minimum atomic E-state index is -0.240. The molecular formula is C30H37ClN4O3. The van der Waals surface area contributed by atoms with Crippen molar-refractivity contribution in [3.05, 3.63) is 69.7 Å². The molecular weight excluding hydrogens is 500 g/mol. The highest BCUT2D eigenvalue weighted by molar-refractivity contribution is 6.30. The monoisotopic (exact) mass is 536 g/mol. The van der Waals surface area contributed by atoms with E-state index in [1.165, 1.54) is 11.1 Å². The molecule has 0 N–H and O–H groups in total. The van der Waals surface area contributed by atoms with E-state index in [-0.39, 0.29) is 30.3 Å². The Hall–Kier alpha value is -2.74. The number of morpholine rings is 1. The summed E-state index contributed by atoms with van der Waals surface area (Å²) in [6.45, 7) is 8.62. The molecule has 2 aromatic carbocycles. The van der Waals surface area contributed by atoms with Crippen molar-refractivity contribution in [2.75, 3.05) is 45.9 Å². The molecule has 0 aromatic heterocycles. The number of amides is 2. The van der Waals surface area contributed by atoms with E-state index in [2.05, 4.69) is 36.9 Å². The van der Waals surface area contributed by atoms with Crippen LogP contribution in [-0.4, -0.2) is 78.3 Å². The number of hydrogen-bond donors (Lipinski definition) is 0. The SMILES string of the molecule is Cc1ccc(C2=NN(C(=O)CN(CCN3CCOCC3)C(=O)C3CCC3)[C@@H](c3ccc(Cl)cc3)C2)cc1C. The summed E-state index contributed by atoms with van der Waals surface area (Å²) in [5.41, 5.74) is 5.30. The first kappa shape index (κ1) is 26.9. The average Bonchev–Trinajstić information content (AvgIpc) is 3.34. The molecule has 38 heavy (non-hydrogen) atoms. The van der Waals surface area contributed by atoms with Gasteiger partial charge in [-0.2, -0.15) is 5.10 Å². The predicted octanol–water partition coefficient (Wildman–Crippen LogP) is 4.60. The van der Waals surface area contributed by atoms with Gasteiger partial charge in [0.25, 0.3) is 5.91 Å². The molecule has 0 spiro atoms. The van der Waals surface area contributed by atoms with Crippen molar-refractivity contribution < 1.29 is 14.3 Å². The lowest BCUT2D eigenvalue weighted by molar-refractivity contribution is -0.145. The molecule has 0 unspecified atom stereocenters. The summed E-state index contributed by atoms with van der Waals surface area (Å²) >= 11 is 6.16. The van der Waals surface area contributed by atoms with E-state index in [4.69, 9.17) is 21.4 Å². The zero-order chi connectivity index (χ0) is 26.6. The fourth-order valence-corrected chi connectivity index (χ4v) is 5.41. The highest BCUT2D eigenvalue weighted by Gasteiger charge is 2.36. The third-order valence-corrected chi connectivity index (χ3v) is 8.39. The van der Waals surface area contributed by atoms with Crippen LogP contribution in [-0.2, 0) is 14.3 Å². The number of hydrogen-bond acceptors (Lipinski definition) is 5. The quantitative estimate of drug-likeness (QED) is 0.495. The molecule has 5 rings (SSSR count). The van der Waals surface area contributed by atoms with Gasteiger partial charge in [-0.25, -0.2) is 5.01 Å². The van der Waals surface area contributed by atoms with Crippen molar-refractivity contribution in [2.24, 2.45) is 11.0 Å². The summed E-state index contributed by atoms with van der Waals surface area (Å²) in [6.07, 6.45) is 3.51. The van der Waals surface area contributed by atoms with Gasteiger partial charge in [0, 0.05) is 43.5 Å². The number of ether oxygens (including phenoxy) is 1. The van der Waals surface area contributed by atoms with Gasteiger partial charge in [0.1, 0.15) is 6.54 Å². The van der Waals surface area contributed by atoms with Crippen molar-refractivity contribution in [1.82, 2.24) is 14.8 Å². The van der Waals surface area contributed by atoms with Gasteiger partial charge in [-0.15, -0.1) is 0 Å². The van der Waals surface area contributed by atoms with Crippen LogP contribution in [0.1, 0.15) is 54.0 Å². The van der Waals surface area contributed by atoms with Crippen molar-refractivity contribution in [3.63, 3.8) is 0 Å². The second-order valence-corrected chi connectivity index (χ2v) is 11.1. The van der Waals surface area contributed by atoms with Crippen LogP contribution in [0.3, 0.4) is 0 Å². The molecule has 0 radical (unpaired) electrons. The minimum Gasteiger partial charge on any atom is -0.379 e. The highest BCUT2D eigenvalue weighted by Crippen LogP contribution is 2.34. The molecule has 8 heteroatoms. The number of carbonyl (C=O) groups excluding carboxylic acids is 2. The van der Waals surface area contributed by atoms with Crippen molar-refractivity contribution in [3.8, 4) is 0 Å². The second-order valence-electron chi connectivity index (χ2n) is 10.7. The fourth-order valence-electron chi connectivity index (χ4n) is 5.28. The Morgan fingerprint density at radius 1 is 1.05 bits per heavy atom. The van der Waals surface area contributed by atoms with Gasteiger partial charge in [-0.05, 0) is 67.1 Å². The second kappa shape index (κ2) is 12.0. The van der Waals surface area contributed by atoms with Crippen LogP contribution >= 0.6 is 11.6 Å². The van der Waals surface area contributed by atoms with E-state index in [0.29, 0.717) is 31.2 Å². The van der Waals surface area contributed by atoms with Crippen molar-refractivity contribution in [2.45, 2.75) is 45.6 Å².